The summed E-state index contributed by atoms with van der Waals surface area (Å²) < 4.78 is 36.9. The molecule has 8 nitrogen and oxygen atoms in total. The molecule has 0 fully saturated rings. The first-order valence-electron chi connectivity index (χ1n) is 8.14. The van der Waals surface area contributed by atoms with Gasteiger partial charge in [0.25, 0.3) is 15.7 Å². The highest BCUT2D eigenvalue weighted by atomic mass is 32.2. The number of hydrogen-bond donors (Lipinski definition) is 0. The van der Waals surface area contributed by atoms with Crippen LogP contribution in [0, 0.1) is 10.1 Å². The van der Waals surface area contributed by atoms with E-state index in [1.54, 1.807) is 28.8 Å². The van der Waals surface area contributed by atoms with E-state index < -0.39 is 14.9 Å². The van der Waals surface area contributed by atoms with Gasteiger partial charge in [0.05, 0.1) is 26.6 Å². The number of benzene rings is 2. The molecule has 0 aliphatic carbocycles. The zero-order chi connectivity index (χ0) is 19.4. The number of ether oxygens (including phenoxy) is 1. The second-order valence-corrected chi connectivity index (χ2v) is 8.13. The van der Waals surface area contributed by atoms with Crippen molar-refractivity contribution in [3.63, 3.8) is 0 Å². The van der Waals surface area contributed by atoms with Crippen molar-refractivity contribution in [1.29, 1.82) is 0 Å². The van der Waals surface area contributed by atoms with E-state index in [0.717, 1.165) is 11.3 Å². The molecule has 0 unspecified atom stereocenters. The molecule has 0 bridgehead atoms. The van der Waals surface area contributed by atoms with Gasteiger partial charge in [-0.25, -0.2) is 0 Å². The highest BCUT2D eigenvalue weighted by molar-refractivity contribution is 7.90. The third-order valence-electron chi connectivity index (χ3n) is 3.78. The Morgan fingerprint density at radius 2 is 1.96 bits per heavy atom. The van der Waals surface area contributed by atoms with Crippen molar-refractivity contribution in [3.05, 3.63) is 63.4 Å². The molecule has 0 saturated carbocycles. The van der Waals surface area contributed by atoms with Crippen LogP contribution in [0.3, 0.4) is 0 Å². The molecule has 0 aliphatic rings. The van der Waals surface area contributed by atoms with Crippen LogP contribution in [0.5, 0.6) is 0 Å². The van der Waals surface area contributed by atoms with Crippen molar-refractivity contribution >= 4 is 37.3 Å². The maximum absolute atomic E-state index is 12.6. The lowest BCUT2D eigenvalue weighted by molar-refractivity contribution is -0.384. The minimum Gasteiger partial charge on any atom is -0.380 e. The van der Waals surface area contributed by atoms with Crippen LogP contribution in [-0.2, 0) is 21.3 Å². The third kappa shape index (κ3) is 4.24. The van der Waals surface area contributed by atoms with E-state index >= 15 is 0 Å². The van der Waals surface area contributed by atoms with Crippen molar-refractivity contribution in [1.82, 2.24) is 4.57 Å². The smallest absolute Gasteiger partial charge is 0.285 e. The fourth-order valence-corrected chi connectivity index (χ4v) is 4.82. The lowest BCUT2D eigenvalue weighted by atomic mass is 10.3. The highest BCUT2D eigenvalue weighted by Gasteiger charge is 2.16. The largest absolute Gasteiger partial charge is 0.380 e. The summed E-state index contributed by atoms with van der Waals surface area (Å²) in [6.45, 7) is 3.15. The Balaban J connectivity index is 2.17. The Morgan fingerprint density at radius 3 is 2.63 bits per heavy atom. The fourth-order valence-electron chi connectivity index (χ4n) is 2.51. The van der Waals surface area contributed by atoms with Crippen LogP contribution in [0.25, 0.3) is 10.2 Å². The van der Waals surface area contributed by atoms with Crippen molar-refractivity contribution in [2.75, 3.05) is 13.2 Å². The van der Waals surface area contributed by atoms with E-state index in [1.807, 2.05) is 6.92 Å². The molecule has 2 aromatic carbocycles. The maximum atomic E-state index is 12.6. The molecular formula is C17H17N3O5S2. The van der Waals surface area contributed by atoms with Crippen LogP contribution in [0.15, 0.2) is 57.8 Å². The molecule has 142 valence electrons. The standard InChI is InChI=1S/C17H17N3O5S2/c1-2-25-11-10-19-15-9-8-13(20(21)22)12-16(15)26-17(19)18-27(23,24)14-6-4-3-5-7-14/h3-9,12H,2,10-11H2,1H3. The highest BCUT2D eigenvalue weighted by Crippen LogP contribution is 2.23. The van der Waals surface area contributed by atoms with Crippen LogP contribution in [-0.4, -0.2) is 31.1 Å². The normalized spacial score (nSPS) is 12.6. The van der Waals surface area contributed by atoms with Gasteiger partial charge in [0, 0.05) is 25.3 Å². The number of fused-ring (bicyclic) bond motifs is 1. The first-order chi connectivity index (χ1) is 12.9. The topological polar surface area (TPSA) is 104 Å². The van der Waals surface area contributed by atoms with E-state index in [-0.39, 0.29) is 15.4 Å². The van der Waals surface area contributed by atoms with E-state index in [0.29, 0.717) is 30.0 Å². The first-order valence-corrected chi connectivity index (χ1v) is 10.4. The van der Waals surface area contributed by atoms with Gasteiger partial charge in [-0.1, -0.05) is 29.5 Å². The Hall–Kier alpha value is -2.56. The van der Waals surface area contributed by atoms with Crippen molar-refractivity contribution in [2.45, 2.75) is 18.4 Å². The van der Waals surface area contributed by atoms with Crippen molar-refractivity contribution in [3.8, 4) is 0 Å². The summed E-state index contributed by atoms with van der Waals surface area (Å²) in [4.78, 5) is 10.9. The number of aromatic nitrogens is 1. The summed E-state index contributed by atoms with van der Waals surface area (Å²) in [5.74, 6) is 0. The van der Waals surface area contributed by atoms with Gasteiger partial charge in [-0.05, 0) is 25.1 Å². The predicted octanol–water partition coefficient (Wildman–Crippen LogP) is 2.94. The lowest BCUT2D eigenvalue weighted by Crippen LogP contribution is -2.19. The zero-order valence-corrected chi connectivity index (χ0v) is 16.1. The van der Waals surface area contributed by atoms with E-state index in [9.17, 15) is 18.5 Å². The fraction of sp³-hybridized carbons (Fsp3) is 0.235. The average Bonchev–Trinajstić information content (AvgIpc) is 2.98. The monoisotopic (exact) mass is 407 g/mol. The summed E-state index contributed by atoms with van der Waals surface area (Å²) in [5, 5.41) is 11.0. The first kappa shape index (κ1) is 19.2. The third-order valence-corrected chi connectivity index (χ3v) is 6.22. The van der Waals surface area contributed by atoms with Crippen LogP contribution in [0.2, 0.25) is 0 Å². The van der Waals surface area contributed by atoms with Gasteiger partial charge in [0.15, 0.2) is 0 Å². The van der Waals surface area contributed by atoms with Gasteiger partial charge in [-0.2, -0.15) is 8.42 Å². The van der Waals surface area contributed by atoms with Crippen LogP contribution >= 0.6 is 11.3 Å². The van der Waals surface area contributed by atoms with Gasteiger partial charge >= 0.3 is 0 Å². The SMILES string of the molecule is CCOCCn1c(=NS(=O)(=O)c2ccccc2)sc2cc([N+](=O)[O-])ccc21. The number of non-ortho nitro benzene ring substituents is 1. The van der Waals surface area contributed by atoms with Crippen LogP contribution in [0.1, 0.15) is 6.92 Å². The van der Waals surface area contributed by atoms with E-state index in [1.165, 1.54) is 24.3 Å². The molecule has 27 heavy (non-hydrogen) atoms. The summed E-state index contributed by atoms with van der Waals surface area (Å²) >= 11 is 1.09. The molecule has 0 atom stereocenters. The predicted molar refractivity (Wildman–Crippen MR) is 102 cm³/mol. The van der Waals surface area contributed by atoms with Crippen LogP contribution in [0.4, 0.5) is 5.69 Å². The molecule has 3 aromatic rings. The number of nitro groups is 1. The molecular weight excluding hydrogens is 390 g/mol. The molecule has 10 heteroatoms. The Morgan fingerprint density at radius 1 is 1.22 bits per heavy atom. The number of sulfonamides is 1. The molecule has 1 aromatic heterocycles. The van der Waals surface area contributed by atoms with Gasteiger partial charge < -0.3 is 9.30 Å². The molecule has 0 radical (unpaired) electrons. The van der Waals surface area contributed by atoms with Gasteiger partial charge in [-0.15, -0.1) is 4.40 Å². The van der Waals surface area contributed by atoms with Gasteiger partial charge in [0.1, 0.15) is 0 Å². The number of nitrogens with zero attached hydrogens (tertiary/aromatic N) is 3. The Kier molecular flexibility index (Phi) is 5.68. The lowest BCUT2D eigenvalue weighted by Gasteiger charge is -2.05. The minimum absolute atomic E-state index is 0.0572. The molecule has 0 aliphatic heterocycles. The molecule has 3 rings (SSSR count). The van der Waals surface area contributed by atoms with E-state index in [4.69, 9.17) is 4.74 Å². The van der Waals surface area contributed by atoms with Gasteiger partial charge in [-0.3, -0.25) is 10.1 Å². The summed E-state index contributed by atoms with van der Waals surface area (Å²) in [6, 6.07) is 12.3. The molecule has 0 amide bonds. The molecule has 0 saturated heterocycles. The molecule has 0 spiro atoms. The molecule has 0 N–H and O–H groups in total. The van der Waals surface area contributed by atoms with E-state index in [2.05, 4.69) is 4.40 Å². The second-order valence-electron chi connectivity index (χ2n) is 5.52. The second kappa shape index (κ2) is 7.99. The van der Waals surface area contributed by atoms with Crippen LogP contribution < -0.4 is 4.80 Å². The van der Waals surface area contributed by atoms with Crippen molar-refractivity contribution in [2.24, 2.45) is 4.40 Å². The summed E-state index contributed by atoms with van der Waals surface area (Å²) in [6.07, 6.45) is 0. The quantitative estimate of drug-likeness (QED) is 0.340. The Bertz CT molecular complexity index is 1130. The summed E-state index contributed by atoms with van der Waals surface area (Å²) in [5.41, 5.74) is 0.616. The number of rotatable bonds is 7. The van der Waals surface area contributed by atoms with Crippen molar-refractivity contribution < 1.29 is 18.1 Å². The minimum atomic E-state index is -3.90. The zero-order valence-electron chi connectivity index (χ0n) is 14.4. The number of nitro benzene ring substituents is 1. The maximum Gasteiger partial charge on any atom is 0.285 e. The average molecular weight is 407 g/mol. The number of thiazole rings is 1. The summed E-state index contributed by atoms with van der Waals surface area (Å²) in [7, 11) is -3.90. The van der Waals surface area contributed by atoms with Gasteiger partial charge in [0.2, 0.25) is 4.80 Å². The Labute approximate surface area is 159 Å². The molecule has 1 heterocycles. The number of hydrogen-bond acceptors (Lipinski definition) is 6.